The van der Waals surface area contributed by atoms with Crippen molar-refractivity contribution in [3.05, 3.63) is 23.8 Å². The largest absolute Gasteiger partial charge is 1.00 e. The van der Waals surface area contributed by atoms with Crippen molar-refractivity contribution in [2.24, 2.45) is 0 Å². The number of carbonyl (C=O) groups is 1. The Hall–Kier alpha value is -0.164. The van der Waals surface area contributed by atoms with Crippen LogP contribution in [0.2, 0.25) is 0 Å². The van der Waals surface area contributed by atoms with Crippen LogP contribution in [0.25, 0.3) is 0 Å². The minimum atomic E-state index is -4.67. The topological polar surface area (TPSA) is 110 Å². The molecule has 0 atom stereocenters. The first kappa shape index (κ1) is 16.8. The van der Waals surface area contributed by atoms with Crippen LogP contribution < -0.4 is 60.3 Å². The van der Waals surface area contributed by atoms with E-state index >= 15 is 0 Å². The summed E-state index contributed by atoms with van der Waals surface area (Å²) in [5, 5.41) is 8.66. The van der Waals surface area contributed by atoms with Crippen molar-refractivity contribution in [3.8, 4) is 11.5 Å². The molecule has 0 spiro atoms. The first-order valence-corrected chi connectivity index (χ1v) is 5.28. The number of benzene rings is 1. The van der Waals surface area contributed by atoms with Crippen molar-refractivity contribution in [1.29, 1.82) is 0 Å². The maximum absolute atomic E-state index is 10.6. The average Bonchev–Trinajstić information content (AvgIpc) is 2.15. The second-order valence-electron chi connectivity index (χ2n) is 2.68. The second-order valence-corrected chi connectivity index (χ2v) is 3.70. The summed E-state index contributed by atoms with van der Waals surface area (Å²) in [4.78, 5) is 10.6. The van der Waals surface area contributed by atoms with E-state index in [1.54, 1.807) is 0 Å². The Kier molecular flexibility index (Phi) is 6.62. The van der Waals surface area contributed by atoms with Crippen molar-refractivity contribution in [2.75, 3.05) is 7.11 Å². The van der Waals surface area contributed by atoms with Crippen LogP contribution in [-0.4, -0.2) is 31.2 Å². The van der Waals surface area contributed by atoms with Gasteiger partial charge in [-0.1, -0.05) is 0 Å². The van der Waals surface area contributed by atoms with E-state index in [-0.39, 0.29) is 68.4 Å². The minimum absolute atomic E-state index is 0. The molecule has 0 amide bonds. The van der Waals surface area contributed by atoms with Gasteiger partial charge in [-0.05, 0) is 18.2 Å². The number of aromatic carboxylic acids is 1. The molecule has 0 saturated carbocycles. The zero-order chi connectivity index (χ0) is 12.3. The fourth-order valence-corrected chi connectivity index (χ4v) is 1.35. The zero-order valence-corrected chi connectivity index (χ0v) is 13.0. The molecule has 0 fully saturated rings. The van der Waals surface area contributed by atoms with Gasteiger partial charge >= 0.3 is 67.8 Å². The predicted octanol–water partition coefficient (Wildman–Crippen LogP) is -2.42. The summed E-state index contributed by atoms with van der Waals surface area (Å²) in [7, 11) is -3.46. The summed E-state index contributed by atoms with van der Waals surface area (Å²) in [6.07, 6.45) is 0. The fraction of sp³-hybridized carbons (Fsp3) is 0.125. The molecule has 1 aromatic rings. The van der Waals surface area contributed by atoms with Gasteiger partial charge in [0.15, 0.2) is 11.5 Å². The Balaban J connectivity index is 0.00000256. The third kappa shape index (κ3) is 5.34. The molecule has 2 N–H and O–H groups in total. The van der Waals surface area contributed by atoms with Crippen LogP contribution in [0.1, 0.15) is 10.4 Å². The van der Waals surface area contributed by atoms with Crippen LogP contribution in [0.15, 0.2) is 18.2 Å². The molecule has 0 radical (unpaired) electrons. The van der Waals surface area contributed by atoms with E-state index in [9.17, 15) is 13.2 Å². The second kappa shape index (κ2) is 6.68. The van der Waals surface area contributed by atoms with Crippen molar-refractivity contribution < 1.29 is 83.2 Å². The van der Waals surface area contributed by atoms with Gasteiger partial charge in [-0.25, -0.2) is 4.79 Å². The van der Waals surface area contributed by atoms with Gasteiger partial charge in [0.1, 0.15) is 0 Å². The van der Waals surface area contributed by atoms with Gasteiger partial charge in [-0.3, -0.25) is 4.55 Å². The Morgan fingerprint density at radius 3 is 2.29 bits per heavy atom. The van der Waals surface area contributed by atoms with Crippen LogP contribution in [0.3, 0.4) is 0 Å². The molecule has 9 heteroatoms. The van der Waals surface area contributed by atoms with Crippen molar-refractivity contribution in [2.45, 2.75) is 0 Å². The maximum Gasteiger partial charge on any atom is 1.00 e. The number of rotatable bonds is 4. The summed E-state index contributed by atoms with van der Waals surface area (Å²) < 4.78 is 38.2. The molecule has 88 valence electrons. The summed E-state index contributed by atoms with van der Waals surface area (Å²) in [6.45, 7) is 0. The van der Waals surface area contributed by atoms with Crippen LogP contribution in [0.5, 0.6) is 11.5 Å². The maximum atomic E-state index is 10.6. The van der Waals surface area contributed by atoms with E-state index in [0.717, 1.165) is 18.2 Å². The molecule has 1 aromatic carbocycles. The molecule has 0 aromatic heterocycles. The average molecular weight is 287 g/mol. The SMILES string of the molecule is COc1cc(C(=O)O)ccc1OS(=O)(=O)O.[K+]. The van der Waals surface area contributed by atoms with Crippen molar-refractivity contribution >= 4 is 16.4 Å². The smallest absolute Gasteiger partial charge is 0.493 e. The van der Waals surface area contributed by atoms with Gasteiger partial charge < -0.3 is 14.0 Å². The van der Waals surface area contributed by atoms with Gasteiger partial charge in [0.25, 0.3) is 0 Å². The van der Waals surface area contributed by atoms with Gasteiger partial charge in [0.05, 0.1) is 12.7 Å². The number of carboxylic acid groups (broad SMARTS) is 1. The van der Waals surface area contributed by atoms with Crippen LogP contribution >= 0.6 is 0 Å². The Labute approximate surface area is 140 Å². The molecule has 0 aliphatic carbocycles. The molecular formula is C8H8KO7S+. The summed E-state index contributed by atoms with van der Waals surface area (Å²) in [6, 6.07) is 3.25. The van der Waals surface area contributed by atoms with Crippen LogP contribution in [0, 0.1) is 0 Å². The van der Waals surface area contributed by atoms with E-state index in [1.807, 2.05) is 0 Å². The normalized spacial score (nSPS) is 10.2. The molecule has 0 saturated heterocycles. The van der Waals surface area contributed by atoms with E-state index < -0.39 is 16.4 Å². The summed E-state index contributed by atoms with van der Waals surface area (Å²) >= 11 is 0. The Bertz CT molecular complexity index is 511. The fourth-order valence-electron chi connectivity index (χ4n) is 0.983. The van der Waals surface area contributed by atoms with Gasteiger partial charge in [-0.15, -0.1) is 0 Å². The standard InChI is InChI=1S/C8H8O7S.K/c1-14-7-4-5(8(9)10)2-3-6(7)15-16(11,12)13;/h2-4H,1H3,(H,9,10)(H,11,12,13);/q;+1. The molecule has 1 rings (SSSR count). The Morgan fingerprint density at radius 2 is 1.88 bits per heavy atom. The van der Waals surface area contributed by atoms with Gasteiger partial charge in [-0.2, -0.15) is 8.42 Å². The quantitative estimate of drug-likeness (QED) is 0.468. The summed E-state index contributed by atoms with van der Waals surface area (Å²) in [5.74, 6) is -1.61. The van der Waals surface area contributed by atoms with Crippen LogP contribution in [-0.2, 0) is 10.4 Å². The molecule has 0 aliphatic rings. The number of ether oxygens (including phenoxy) is 1. The van der Waals surface area contributed by atoms with Crippen LogP contribution in [0.4, 0.5) is 0 Å². The van der Waals surface area contributed by atoms with E-state index in [4.69, 9.17) is 14.4 Å². The third-order valence-electron chi connectivity index (χ3n) is 1.61. The van der Waals surface area contributed by atoms with Crippen molar-refractivity contribution in [3.63, 3.8) is 0 Å². The molecular weight excluding hydrogens is 279 g/mol. The number of methoxy groups -OCH3 is 1. The molecule has 0 unspecified atom stereocenters. The zero-order valence-electron chi connectivity index (χ0n) is 9.08. The number of hydrogen-bond acceptors (Lipinski definition) is 5. The molecule has 0 aliphatic heterocycles. The first-order chi connectivity index (χ1) is 7.33. The Morgan fingerprint density at radius 1 is 1.29 bits per heavy atom. The van der Waals surface area contributed by atoms with E-state index in [1.165, 1.54) is 7.11 Å². The minimum Gasteiger partial charge on any atom is -0.493 e. The third-order valence-corrected chi connectivity index (χ3v) is 2.00. The molecule has 0 bridgehead atoms. The monoisotopic (exact) mass is 287 g/mol. The number of hydrogen-bond donors (Lipinski definition) is 2. The first-order valence-electron chi connectivity index (χ1n) is 3.91. The van der Waals surface area contributed by atoms with E-state index in [2.05, 4.69) is 4.18 Å². The van der Waals surface area contributed by atoms with Crippen molar-refractivity contribution in [1.82, 2.24) is 0 Å². The summed E-state index contributed by atoms with van der Waals surface area (Å²) in [5.41, 5.74) is -0.0977. The van der Waals surface area contributed by atoms with E-state index in [0.29, 0.717) is 0 Å². The van der Waals surface area contributed by atoms with Gasteiger partial charge in [0, 0.05) is 0 Å². The van der Waals surface area contributed by atoms with Gasteiger partial charge in [0.2, 0.25) is 0 Å². The predicted molar refractivity (Wildman–Crippen MR) is 52.1 cm³/mol. The number of carboxylic acids is 1. The molecule has 17 heavy (non-hydrogen) atoms. The molecule has 7 nitrogen and oxygen atoms in total. The molecule has 0 heterocycles.